The van der Waals surface area contributed by atoms with Gasteiger partial charge in [0.2, 0.25) is 10.0 Å². The topological polar surface area (TPSA) is 79.0 Å². The minimum Gasteiger partial charge on any atom is -0.370 e. The van der Waals surface area contributed by atoms with Crippen molar-refractivity contribution in [1.29, 1.82) is 0 Å². The van der Waals surface area contributed by atoms with Gasteiger partial charge in [-0.3, -0.25) is 0 Å². The van der Waals surface area contributed by atoms with Crippen LogP contribution in [0, 0.1) is 0 Å². The number of guanidine groups is 1. The molecule has 2 N–H and O–H groups in total. The lowest BCUT2D eigenvalue weighted by Gasteiger charge is -2.25. The van der Waals surface area contributed by atoms with Crippen molar-refractivity contribution in [2.45, 2.75) is 49.6 Å². The Balaban J connectivity index is 1.65. The molecule has 1 saturated heterocycles. The Bertz CT molecular complexity index is 690. The van der Waals surface area contributed by atoms with E-state index in [2.05, 4.69) is 4.99 Å². The van der Waals surface area contributed by atoms with E-state index >= 15 is 0 Å². The lowest BCUT2D eigenvalue weighted by molar-refractivity contribution is 0.346. The zero-order valence-corrected chi connectivity index (χ0v) is 15.0. The van der Waals surface area contributed by atoms with E-state index in [-0.39, 0.29) is 0 Å². The molecule has 1 saturated carbocycles. The van der Waals surface area contributed by atoms with Crippen molar-refractivity contribution in [2.24, 2.45) is 10.7 Å². The smallest absolute Gasteiger partial charge is 0.243 e. The number of piperidine rings is 1. The van der Waals surface area contributed by atoms with E-state index < -0.39 is 10.0 Å². The van der Waals surface area contributed by atoms with E-state index in [1.54, 1.807) is 16.4 Å². The minimum atomic E-state index is -3.36. The molecular formula is C17H26N4O2S. The number of nitrogens with two attached hydrogens (primary N) is 1. The highest BCUT2D eigenvalue weighted by Gasteiger charge is 2.27. The average molecular weight is 350 g/mol. The first-order valence-electron chi connectivity index (χ1n) is 8.60. The van der Waals surface area contributed by atoms with E-state index in [1.807, 2.05) is 24.1 Å². The van der Waals surface area contributed by atoms with Crippen molar-refractivity contribution in [1.82, 2.24) is 9.21 Å². The Hall–Kier alpha value is -1.60. The van der Waals surface area contributed by atoms with Crippen LogP contribution in [-0.4, -0.2) is 49.8 Å². The molecule has 6 nitrogen and oxygen atoms in total. The summed E-state index contributed by atoms with van der Waals surface area (Å²) in [5, 5.41) is 0. The van der Waals surface area contributed by atoms with E-state index in [1.165, 1.54) is 12.8 Å². The molecule has 0 spiro atoms. The summed E-state index contributed by atoms with van der Waals surface area (Å²) in [4.78, 5) is 6.77. The van der Waals surface area contributed by atoms with Gasteiger partial charge < -0.3 is 10.6 Å². The van der Waals surface area contributed by atoms with Crippen molar-refractivity contribution < 1.29 is 8.42 Å². The summed E-state index contributed by atoms with van der Waals surface area (Å²) in [6.07, 6.45) is 5.35. The van der Waals surface area contributed by atoms with Gasteiger partial charge in [0, 0.05) is 26.2 Å². The predicted octanol–water partition coefficient (Wildman–Crippen LogP) is 1.77. The summed E-state index contributed by atoms with van der Waals surface area (Å²) >= 11 is 0. The van der Waals surface area contributed by atoms with Crippen molar-refractivity contribution in [3.8, 4) is 0 Å². The van der Waals surface area contributed by atoms with Gasteiger partial charge in [-0.2, -0.15) is 4.31 Å². The second-order valence-corrected chi connectivity index (χ2v) is 8.56. The zero-order chi connectivity index (χ0) is 17.2. The predicted molar refractivity (Wildman–Crippen MR) is 95.2 cm³/mol. The average Bonchev–Trinajstić information content (AvgIpc) is 3.45. The molecule has 3 rings (SSSR count). The standard InChI is InChI=1S/C17H26N4O2S/c1-20(15-7-8-15)17(18)19-13-14-5-9-16(10-6-14)24(22,23)21-11-3-2-4-12-21/h5-6,9-10,15H,2-4,7-8,11-13H2,1H3,(H2,18,19). The molecule has 0 aromatic heterocycles. The van der Waals surface area contributed by atoms with Crippen LogP contribution in [0.1, 0.15) is 37.7 Å². The van der Waals surface area contributed by atoms with Crippen LogP contribution in [0.15, 0.2) is 34.2 Å². The Morgan fingerprint density at radius 2 is 1.83 bits per heavy atom. The van der Waals surface area contributed by atoms with Gasteiger partial charge in [-0.15, -0.1) is 0 Å². The fourth-order valence-electron chi connectivity index (χ4n) is 2.95. The Morgan fingerprint density at radius 1 is 1.21 bits per heavy atom. The molecule has 0 atom stereocenters. The number of rotatable bonds is 5. The van der Waals surface area contributed by atoms with Crippen LogP contribution < -0.4 is 5.73 Å². The molecule has 0 amide bonds. The molecule has 0 radical (unpaired) electrons. The van der Waals surface area contributed by atoms with Crippen LogP contribution in [0.25, 0.3) is 0 Å². The SMILES string of the molecule is CN(C(N)=NCc1ccc(S(=O)(=O)N2CCCCC2)cc1)C1CC1. The largest absolute Gasteiger partial charge is 0.370 e. The Morgan fingerprint density at radius 3 is 2.42 bits per heavy atom. The molecule has 0 bridgehead atoms. The first-order chi connectivity index (χ1) is 11.5. The molecule has 7 heteroatoms. The fourth-order valence-corrected chi connectivity index (χ4v) is 4.47. The zero-order valence-electron chi connectivity index (χ0n) is 14.2. The first kappa shape index (κ1) is 17.2. The van der Waals surface area contributed by atoms with E-state index in [9.17, 15) is 8.42 Å². The summed E-state index contributed by atoms with van der Waals surface area (Å²) in [7, 11) is -1.40. The van der Waals surface area contributed by atoms with Crippen molar-refractivity contribution >= 4 is 16.0 Å². The van der Waals surface area contributed by atoms with Gasteiger partial charge in [-0.1, -0.05) is 18.6 Å². The maximum Gasteiger partial charge on any atom is 0.243 e. The highest BCUT2D eigenvalue weighted by atomic mass is 32.2. The second-order valence-electron chi connectivity index (χ2n) is 6.63. The van der Waals surface area contributed by atoms with Gasteiger partial charge in [0.15, 0.2) is 5.96 Å². The highest BCUT2D eigenvalue weighted by Crippen LogP contribution is 2.25. The first-order valence-corrected chi connectivity index (χ1v) is 10.0. The number of benzene rings is 1. The number of sulfonamides is 1. The molecular weight excluding hydrogens is 324 g/mol. The Kier molecular flexibility index (Phi) is 5.10. The maximum atomic E-state index is 12.6. The second kappa shape index (κ2) is 7.11. The summed E-state index contributed by atoms with van der Waals surface area (Å²) in [5.74, 6) is 0.544. The number of nitrogens with zero attached hydrogens (tertiary/aromatic N) is 3. The number of hydrogen-bond acceptors (Lipinski definition) is 3. The van der Waals surface area contributed by atoms with Crippen LogP contribution in [0.4, 0.5) is 0 Å². The van der Waals surface area contributed by atoms with Gasteiger partial charge in [-0.25, -0.2) is 13.4 Å². The summed E-state index contributed by atoms with van der Waals surface area (Å²) in [5.41, 5.74) is 6.93. The summed E-state index contributed by atoms with van der Waals surface area (Å²) < 4.78 is 26.8. The lowest BCUT2D eigenvalue weighted by atomic mass is 10.2. The maximum absolute atomic E-state index is 12.6. The third-order valence-corrected chi connectivity index (χ3v) is 6.67. The molecule has 2 aliphatic rings. The normalized spacial score (nSPS) is 20.1. The van der Waals surface area contributed by atoms with Gasteiger partial charge in [0.25, 0.3) is 0 Å². The number of hydrogen-bond donors (Lipinski definition) is 1. The van der Waals surface area contributed by atoms with Crippen molar-refractivity contribution in [3.05, 3.63) is 29.8 Å². The molecule has 1 aliphatic heterocycles. The molecule has 24 heavy (non-hydrogen) atoms. The molecule has 1 heterocycles. The molecule has 1 aromatic carbocycles. The third kappa shape index (κ3) is 3.89. The number of aliphatic imine (C=N–C) groups is 1. The van der Waals surface area contributed by atoms with Crippen LogP contribution >= 0.6 is 0 Å². The van der Waals surface area contributed by atoms with Crippen LogP contribution in [0.3, 0.4) is 0 Å². The minimum absolute atomic E-state index is 0.361. The molecule has 1 aliphatic carbocycles. The third-order valence-electron chi connectivity index (χ3n) is 4.76. The van der Waals surface area contributed by atoms with Gasteiger partial charge in [-0.05, 0) is 43.4 Å². The van der Waals surface area contributed by atoms with Gasteiger partial charge in [0.1, 0.15) is 0 Å². The molecule has 132 valence electrons. The quantitative estimate of drug-likeness (QED) is 0.648. The lowest BCUT2D eigenvalue weighted by Crippen LogP contribution is -2.35. The van der Waals surface area contributed by atoms with Crippen LogP contribution in [0.2, 0.25) is 0 Å². The van der Waals surface area contributed by atoms with E-state index in [4.69, 9.17) is 5.73 Å². The van der Waals surface area contributed by atoms with E-state index in [0.29, 0.717) is 36.5 Å². The van der Waals surface area contributed by atoms with Crippen molar-refractivity contribution in [3.63, 3.8) is 0 Å². The van der Waals surface area contributed by atoms with Crippen LogP contribution in [-0.2, 0) is 16.6 Å². The molecule has 2 fully saturated rings. The summed E-state index contributed by atoms with van der Waals surface area (Å²) in [6, 6.07) is 7.53. The summed E-state index contributed by atoms with van der Waals surface area (Å²) in [6.45, 7) is 1.71. The Labute approximate surface area is 144 Å². The molecule has 0 unspecified atom stereocenters. The van der Waals surface area contributed by atoms with E-state index in [0.717, 1.165) is 24.8 Å². The van der Waals surface area contributed by atoms with Crippen LogP contribution in [0.5, 0.6) is 0 Å². The van der Waals surface area contributed by atoms with Gasteiger partial charge in [0.05, 0.1) is 11.4 Å². The van der Waals surface area contributed by atoms with Gasteiger partial charge >= 0.3 is 0 Å². The fraction of sp³-hybridized carbons (Fsp3) is 0.588. The van der Waals surface area contributed by atoms with Crippen molar-refractivity contribution in [2.75, 3.05) is 20.1 Å². The highest BCUT2D eigenvalue weighted by molar-refractivity contribution is 7.89. The monoisotopic (exact) mass is 350 g/mol. The molecule has 1 aromatic rings.